The maximum absolute atomic E-state index is 13.2. The van der Waals surface area contributed by atoms with Gasteiger partial charge >= 0.3 is 0 Å². The van der Waals surface area contributed by atoms with E-state index in [9.17, 15) is 18.4 Å². The molecule has 0 aliphatic heterocycles. The minimum atomic E-state index is -1.07. The Bertz CT molecular complexity index is 786. The van der Waals surface area contributed by atoms with Crippen molar-refractivity contribution in [1.82, 2.24) is 10.3 Å². The van der Waals surface area contributed by atoms with E-state index in [1.54, 1.807) is 0 Å². The topological polar surface area (TPSA) is 71.1 Å². The van der Waals surface area contributed by atoms with Gasteiger partial charge in [0.1, 0.15) is 11.4 Å². The van der Waals surface area contributed by atoms with Crippen LogP contribution < -0.4 is 10.6 Å². The minimum absolute atomic E-state index is 0.0127. The molecule has 0 radical (unpaired) electrons. The molecule has 0 spiro atoms. The molecule has 1 aromatic heterocycles. The fourth-order valence-electron chi connectivity index (χ4n) is 1.86. The van der Waals surface area contributed by atoms with Crippen LogP contribution in [0, 0.1) is 11.6 Å². The lowest BCUT2D eigenvalue weighted by Crippen LogP contribution is -2.41. The Morgan fingerprint density at radius 2 is 1.58 bits per heavy atom. The fourth-order valence-corrected chi connectivity index (χ4v) is 1.86. The molecule has 0 saturated heterocycles. The molecule has 2 N–H and O–H groups in total. The second-order valence-electron chi connectivity index (χ2n) is 6.20. The monoisotopic (exact) mass is 333 g/mol. The zero-order valence-corrected chi connectivity index (χ0v) is 13.5. The Kier molecular flexibility index (Phi) is 4.92. The van der Waals surface area contributed by atoms with Crippen LogP contribution >= 0.6 is 0 Å². The zero-order chi connectivity index (χ0) is 17.9. The van der Waals surface area contributed by atoms with Gasteiger partial charge in [-0.15, -0.1) is 0 Å². The molecule has 2 rings (SSSR count). The molecule has 7 heteroatoms. The third-order valence-electron chi connectivity index (χ3n) is 2.88. The van der Waals surface area contributed by atoms with Gasteiger partial charge in [0.15, 0.2) is 11.6 Å². The summed E-state index contributed by atoms with van der Waals surface area (Å²) < 4.78 is 26.1. The average Bonchev–Trinajstić information content (AvgIpc) is 2.49. The standard InChI is InChI=1S/C17H17F2N3O2/c1-17(2,3)22-16(24)14-6-4-5-13(21-14)15(23)20-10-7-8-11(18)12(19)9-10/h4-9H,1-3H3,(H,20,23)(H,22,24). The average molecular weight is 333 g/mol. The second-order valence-corrected chi connectivity index (χ2v) is 6.20. The number of aromatic nitrogens is 1. The number of benzene rings is 1. The lowest BCUT2D eigenvalue weighted by molar-refractivity contribution is 0.0914. The number of carbonyl (C=O) groups is 2. The summed E-state index contributed by atoms with van der Waals surface area (Å²) in [5.74, 6) is -3.12. The first-order valence-corrected chi connectivity index (χ1v) is 7.22. The van der Waals surface area contributed by atoms with E-state index in [2.05, 4.69) is 15.6 Å². The van der Waals surface area contributed by atoms with E-state index < -0.39 is 29.0 Å². The van der Waals surface area contributed by atoms with Gasteiger partial charge in [-0.1, -0.05) is 6.07 Å². The third-order valence-corrected chi connectivity index (χ3v) is 2.88. The van der Waals surface area contributed by atoms with E-state index >= 15 is 0 Å². The lowest BCUT2D eigenvalue weighted by Gasteiger charge is -2.20. The van der Waals surface area contributed by atoms with Crippen molar-refractivity contribution in [1.29, 1.82) is 0 Å². The first-order valence-electron chi connectivity index (χ1n) is 7.22. The van der Waals surface area contributed by atoms with Gasteiger partial charge in [0.25, 0.3) is 11.8 Å². The smallest absolute Gasteiger partial charge is 0.274 e. The highest BCUT2D eigenvalue weighted by Gasteiger charge is 2.18. The number of halogens is 2. The van der Waals surface area contributed by atoms with Crippen LogP contribution in [0.2, 0.25) is 0 Å². The summed E-state index contributed by atoms with van der Waals surface area (Å²) in [4.78, 5) is 28.2. The molecule has 0 saturated carbocycles. The number of nitrogens with one attached hydrogen (secondary N) is 2. The number of rotatable bonds is 3. The molecule has 2 amide bonds. The molecule has 2 aromatic rings. The van der Waals surface area contributed by atoms with Crippen LogP contribution in [-0.4, -0.2) is 22.3 Å². The highest BCUT2D eigenvalue weighted by molar-refractivity contribution is 6.03. The van der Waals surface area contributed by atoms with E-state index in [4.69, 9.17) is 0 Å². The van der Waals surface area contributed by atoms with Gasteiger partial charge < -0.3 is 10.6 Å². The minimum Gasteiger partial charge on any atom is -0.346 e. The molecular weight excluding hydrogens is 316 g/mol. The zero-order valence-electron chi connectivity index (χ0n) is 13.5. The van der Waals surface area contributed by atoms with Crippen molar-refractivity contribution in [3.63, 3.8) is 0 Å². The summed E-state index contributed by atoms with van der Waals surface area (Å²) in [5.41, 5.74) is -0.280. The first-order chi connectivity index (χ1) is 11.2. The van der Waals surface area contributed by atoms with Crippen molar-refractivity contribution in [2.24, 2.45) is 0 Å². The Labute approximate surface area is 138 Å². The van der Waals surface area contributed by atoms with E-state index in [0.717, 1.165) is 12.1 Å². The maximum atomic E-state index is 13.2. The summed E-state index contributed by atoms with van der Waals surface area (Å²) in [7, 11) is 0. The first kappa shape index (κ1) is 17.5. The van der Waals surface area contributed by atoms with Crippen LogP contribution in [-0.2, 0) is 0 Å². The van der Waals surface area contributed by atoms with Crippen LogP contribution in [0.4, 0.5) is 14.5 Å². The summed E-state index contributed by atoms with van der Waals surface area (Å²) in [6.07, 6.45) is 0. The fraction of sp³-hybridized carbons (Fsp3) is 0.235. The number of amides is 2. The molecule has 1 aromatic carbocycles. The van der Waals surface area contributed by atoms with Crippen molar-refractivity contribution in [2.45, 2.75) is 26.3 Å². The lowest BCUT2D eigenvalue weighted by atomic mass is 10.1. The molecule has 0 aliphatic rings. The van der Waals surface area contributed by atoms with Gasteiger partial charge in [-0.2, -0.15) is 0 Å². The molecule has 0 unspecified atom stereocenters. The van der Waals surface area contributed by atoms with Crippen molar-refractivity contribution < 1.29 is 18.4 Å². The van der Waals surface area contributed by atoms with Gasteiger partial charge in [-0.25, -0.2) is 13.8 Å². The number of anilines is 1. The van der Waals surface area contributed by atoms with Crippen LogP contribution in [0.5, 0.6) is 0 Å². The van der Waals surface area contributed by atoms with Gasteiger partial charge in [0.05, 0.1) is 0 Å². The summed E-state index contributed by atoms with van der Waals surface area (Å²) in [5, 5.41) is 5.14. The van der Waals surface area contributed by atoms with Crippen LogP contribution in [0.1, 0.15) is 41.7 Å². The molecule has 0 bridgehead atoms. The Hall–Kier alpha value is -2.83. The SMILES string of the molecule is CC(C)(C)NC(=O)c1cccc(C(=O)Nc2ccc(F)c(F)c2)n1. The Morgan fingerprint density at radius 3 is 2.17 bits per heavy atom. The van der Waals surface area contributed by atoms with E-state index in [1.165, 1.54) is 24.3 Å². The van der Waals surface area contributed by atoms with Gasteiger partial charge in [0, 0.05) is 17.3 Å². The molecule has 126 valence electrons. The molecule has 0 atom stereocenters. The Balaban J connectivity index is 2.16. The largest absolute Gasteiger partial charge is 0.346 e. The van der Waals surface area contributed by atoms with Gasteiger partial charge in [-0.3, -0.25) is 9.59 Å². The third kappa shape index (κ3) is 4.58. The number of hydrogen-bond donors (Lipinski definition) is 2. The predicted molar refractivity (Wildman–Crippen MR) is 85.8 cm³/mol. The van der Waals surface area contributed by atoms with Gasteiger partial charge in [-0.05, 0) is 45.0 Å². The van der Waals surface area contributed by atoms with E-state index in [-0.39, 0.29) is 17.1 Å². The van der Waals surface area contributed by atoms with Crippen molar-refractivity contribution in [2.75, 3.05) is 5.32 Å². The van der Waals surface area contributed by atoms with E-state index in [0.29, 0.717) is 0 Å². The molecule has 0 aliphatic carbocycles. The van der Waals surface area contributed by atoms with Crippen molar-refractivity contribution in [3.05, 3.63) is 59.4 Å². The van der Waals surface area contributed by atoms with Crippen LogP contribution in [0.3, 0.4) is 0 Å². The van der Waals surface area contributed by atoms with Gasteiger partial charge in [0.2, 0.25) is 0 Å². The molecule has 1 heterocycles. The summed E-state index contributed by atoms with van der Waals surface area (Å²) in [6, 6.07) is 7.42. The second kappa shape index (κ2) is 6.74. The highest BCUT2D eigenvalue weighted by atomic mass is 19.2. The summed E-state index contributed by atoms with van der Waals surface area (Å²) >= 11 is 0. The highest BCUT2D eigenvalue weighted by Crippen LogP contribution is 2.14. The van der Waals surface area contributed by atoms with Crippen LogP contribution in [0.15, 0.2) is 36.4 Å². The van der Waals surface area contributed by atoms with Crippen molar-refractivity contribution >= 4 is 17.5 Å². The van der Waals surface area contributed by atoms with E-state index in [1.807, 2.05) is 20.8 Å². The quantitative estimate of drug-likeness (QED) is 0.906. The number of carbonyl (C=O) groups excluding carboxylic acids is 2. The molecule has 5 nitrogen and oxygen atoms in total. The Morgan fingerprint density at radius 1 is 0.958 bits per heavy atom. The van der Waals surface area contributed by atoms with Crippen molar-refractivity contribution in [3.8, 4) is 0 Å². The number of pyridine rings is 1. The normalized spacial score (nSPS) is 11.0. The van der Waals surface area contributed by atoms with Crippen LogP contribution in [0.25, 0.3) is 0 Å². The number of nitrogens with zero attached hydrogens (tertiary/aromatic N) is 1. The maximum Gasteiger partial charge on any atom is 0.274 e. The predicted octanol–water partition coefficient (Wildman–Crippen LogP) is 3.14. The number of hydrogen-bond acceptors (Lipinski definition) is 3. The molecule has 24 heavy (non-hydrogen) atoms. The molecular formula is C17H17F2N3O2. The molecule has 0 fully saturated rings. The summed E-state index contributed by atoms with van der Waals surface area (Å²) in [6.45, 7) is 5.47.